The van der Waals surface area contributed by atoms with Crippen molar-refractivity contribution in [2.75, 3.05) is 20.2 Å². The Bertz CT molecular complexity index is 435. The lowest BCUT2D eigenvalue weighted by molar-refractivity contribution is -0.0691. The highest BCUT2D eigenvalue weighted by Crippen LogP contribution is 2.32. The Labute approximate surface area is 133 Å². The summed E-state index contributed by atoms with van der Waals surface area (Å²) in [5, 5.41) is 0.781. The second kappa shape index (κ2) is 7.59. The number of rotatable bonds is 6. The highest BCUT2D eigenvalue weighted by molar-refractivity contribution is 6.30. The van der Waals surface area contributed by atoms with E-state index in [0.717, 1.165) is 43.9 Å². The molecule has 1 heterocycles. The minimum absolute atomic E-state index is 0.0533. The Balaban J connectivity index is 2.06. The van der Waals surface area contributed by atoms with E-state index in [2.05, 4.69) is 31.0 Å². The maximum absolute atomic E-state index is 6.16. The van der Waals surface area contributed by atoms with E-state index in [0.29, 0.717) is 12.6 Å². The Hall–Kier alpha value is -0.610. The van der Waals surface area contributed by atoms with Gasteiger partial charge in [0.2, 0.25) is 0 Å². The van der Waals surface area contributed by atoms with Crippen molar-refractivity contribution in [3.8, 4) is 0 Å². The molecule has 21 heavy (non-hydrogen) atoms. The molecule has 0 aromatic heterocycles. The molecule has 0 saturated carbocycles. The summed E-state index contributed by atoms with van der Waals surface area (Å²) in [7, 11) is 2.18. The molecule has 1 saturated heterocycles. The largest absolute Gasteiger partial charge is 0.378 e. The molecule has 2 rings (SSSR count). The van der Waals surface area contributed by atoms with Gasteiger partial charge in [-0.05, 0) is 44.0 Å². The monoisotopic (exact) mass is 310 g/mol. The number of ether oxygens (including phenoxy) is 1. The first-order valence-corrected chi connectivity index (χ1v) is 8.25. The quantitative estimate of drug-likeness (QED) is 0.874. The second-order valence-electron chi connectivity index (χ2n) is 6.15. The summed E-state index contributed by atoms with van der Waals surface area (Å²) in [4.78, 5) is 2.40. The zero-order chi connectivity index (χ0) is 15.3. The molecule has 2 unspecified atom stereocenters. The highest BCUT2D eigenvalue weighted by Gasteiger charge is 2.38. The Morgan fingerprint density at radius 3 is 2.71 bits per heavy atom. The molecular formula is C17H27ClN2O. The summed E-state index contributed by atoms with van der Waals surface area (Å²) >= 11 is 5.96. The van der Waals surface area contributed by atoms with Crippen molar-refractivity contribution in [1.29, 1.82) is 0 Å². The van der Waals surface area contributed by atoms with Crippen molar-refractivity contribution in [3.63, 3.8) is 0 Å². The molecule has 0 amide bonds. The summed E-state index contributed by atoms with van der Waals surface area (Å²) in [6.45, 7) is 4.60. The third kappa shape index (κ3) is 4.19. The zero-order valence-electron chi connectivity index (χ0n) is 13.1. The van der Waals surface area contributed by atoms with Gasteiger partial charge in [0.1, 0.15) is 0 Å². The van der Waals surface area contributed by atoms with Gasteiger partial charge in [0.25, 0.3) is 0 Å². The van der Waals surface area contributed by atoms with Gasteiger partial charge in [-0.2, -0.15) is 0 Å². The number of nitrogens with zero attached hydrogens (tertiary/aromatic N) is 1. The van der Waals surface area contributed by atoms with E-state index in [1.54, 1.807) is 0 Å². The standard InChI is InChI=1S/C17H27ClN2O/c1-3-4-16-11-17(13-19,9-10-21-16)20(2)12-14-5-7-15(18)8-6-14/h5-8,16H,3-4,9-13,19H2,1-2H3. The van der Waals surface area contributed by atoms with Crippen LogP contribution in [0.2, 0.25) is 5.02 Å². The van der Waals surface area contributed by atoms with E-state index in [1.807, 2.05) is 12.1 Å². The minimum Gasteiger partial charge on any atom is -0.378 e. The van der Waals surface area contributed by atoms with Gasteiger partial charge >= 0.3 is 0 Å². The van der Waals surface area contributed by atoms with E-state index in [4.69, 9.17) is 22.1 Å². The molecule has 118 valence electrons. The van der Waals surface area contributed by atoms with Crippen LogP contribution in [0.15, 0.2) is 24.3 Å². The number of nitrogens with two attached hydrogens (primary N) is 1. The van der Waals surface area contributed by atoms with Crippen LogP contribution >= 0.6 is 11.6 Å². The molecule has 2 atom stereocenters. The molecule has 1 aliphatic heterocycles. The van der Waals surface area contributed by atoms with Crippen LogP contribution in [-0.4, -0.2) is 36.7 Å². The van der Waals surface area contributed by atoms with Gasteiger partial charge < -0.3 is 10.5 Å². The van der Waals surface area contributed by atoms with Crippen molar-refractivity contribution in [3.05, 3.63) is 34.9 Å². The van der Waals surface area contributed by atoms with Gasteiger partial charge in [0, 0.05) is 30.3 Å². The fourth-order valence-corrected chi connectivity index (χ4v) is 3.35. The molecule has 0 bridgehead atoms. The van der Waals surface area contributed by atoms with Gasteiger partial charge in [-0.25, -0.2) is 0 Å². The van der Waals surface area contributed by atoms with Crippen LogP contribution in [0.1, 0.15) is 38.2 Å². The average Bonchev–Trinajstić information content (AvgIpc) is 2.50. The van der Waals surface area contributed by atoms with Gasteiger partial charge in [-0.3, -0.25) is 4.90 Å². The summed E-state index contributed by atoms with van der Waals surface area (Å²) in [6, 6.07) is 8.07. The molecule has 4 heteroatoms. The summed E-state index contributed by atoms with van der Waals surface area (Å²) in [5.41, 5.74) is 7.48. The summed E-state index contributed by atoms with van der Waals surface area (Å²) in [5.74, 6) is 0. The van der Waals surface area contributed by atoms with Crippen molar-refractivity contribution in [2.45, 2.75) is 50.8 Å². The van der Waals surface area contributed by atoms with Gasteiger partial charge in [0.05, 0.1) is 6.10 Å². The van der Waals surface area contributed by atoms with E-state index >= 15 is 0 Å². The molecule has 0 radical (unpaired) electrons. The molecule has 2 N–H and O–H groups in total. The summed E-state index contributed by atoms with van der Waals surface area (Å²) in [6.07, 6.45) is 4.66. The smallest absolute Gasteiger partial charge is 0.0593 e. The molecule has 0 spiro atoms. The first kappa shape index (κ1) is 16.8. The van der Waals surface area contributed by atoms with E-state index in [1.165, 1.54) is 5.56 Å². The van der Waals surface area contributed by atoms with Crippen LogP contribution < -0.4 is 5.73 Å². The summed E-state index contributed by atoms with van der Waals surface area (Å²) < 4.78 is 5.89. The maximum atomic E-state index is 6.16. The van der Waals surface area contributed by atoms with Gasteiger partial charge in [-0.1, -0.05) is 37.1 Å². The lowest BCUT2D eigenvalue weighted by atomic mass is 9.83. The Morgan fingerprint density at radius 1 is 1.38 bits per heavy atom. The van der Waals surface area contributed by atoms with Crippen molar-refractivity contribution >= 4 is 11.6 Å². The van der Waals surface area contributed by atoms with Crippen LogP contribution in [0.4, 0.5) is 0 Å². The first-order chi connectivity index (χ1) is 10.1. The lowest BCUT2D eigenvalue weighted by Crippen LogP contribution is -2.56. The molecule has 1 aromatic carbocycles. The number of halogens is 1. The van der Waals surface area contributed by atoms with E-state index < -0.39 is 0 Å². The van der Waals surface area contributed by atoms with Crippen molar-refractivity contribution < 1.29 is 4.74 Å². The van der Waals surface area contributed by atoms with E-state index in [-0.39, 0.29) is 5.54 Å². The molecule has 0 aliphatic carbocycles. The fourth-order valence-electron chi connectivity index (χ4n) is 3.23. The van der Waals surface area contributed by atoms with Crippen LogP contribution in [0, 0.1) is 0 Å². The predicted molar refractivity (Wildman–Crippen MR) is 88.6 cm³/mol. The fraction of sp³-hybridized carbons (Fsp3) is 0.647. The molecule has 1 aliphatic rings. The molecule has 3 nitrogen and oxygen atoms in total. The molecule has 1 fully saturated rings. The van der Waals surface area contributed by atoms with Crippen LogP contribution in [0.25, 0.3) is 0 Å². The third-order valence-electron chi connectivity index (χ3n) is 4.66. The maximum Gasteiger partial charge on any atom is 0.0593 e. The van der Waals surface area contributed by atoms with E-state index in [9.17, 15) is 0 Å². The Morgan fingerprint density at radius 2 is 2.10 bits per heavy atom. The SMILES string of the molecule is CCCC1CC(CN)(N(C)Cc2ccc(Cl)cc2)CCO1. The van der Waals surface area contributed by atoms with Crippen molar-refractivity contribution in [1.82, 2.24) is 4.90 Å². The average molecular weight is 311 g/mol. The normalized spacial score (nSPS) is 26.2. The number of benzene rings is 1. The van der Waals surface area contributed by atoms with Gasteiger partial charge in [-0.15, -0.1) is 0 Å². The zero-order valence-corrected chi connectivity index (χ0v) is 13.9. The topological polar surface area (TPSA) is 38.5 Å². The lowest BCUT2D eigenvalue weighted by Gasteiger charge is -2.46. The number of hydrogen-bond acceptors (Lipinski definition) is 3. The Kier molecular flexibility index (Phi) is 6.06. The van der Waals surface area contributed by atoms with Gasteiger partial charge in [0.15, 0.2) is 0 Å². The first-order valence-electron chi connectivity index (χ1n) is 7.87. The second-order valence-corrected chi connectivity index (χ2v) is 6.58. The van der Waals surface area contributed by atoms with Crippen LogP contribution in [0.3, 0.4) is 0 Å². The molecule has 1 aromatic rings. The number of likely N-dealkylation sites (N-methyl/N-ethyl adjacent to an activating group) is 1. The van der Waals surface area contributed by atoms with Crippen LogP contribution in [-0.2, 0) is 11.3 Å². The molecular weight excluding hydrogens is 284 g/mol. The van der Waals surface area contributed by atoms with Crippen molar-refractivity contribution in [2.24, 2.45) is 5.73 Å². The number of hydrogen-bond donors (Lipinski definition) is 1. The predicted octanol–water partition coefficient (Wildman–Crippen LogP) is 3.45. The minimum atomic E-state index is 0.0533. The highest BCUT2D eigenvalue weighted by atomic mass is 35.5. The third-order valence-corrected chi connectivity index (χ3v) is 4.91. The van der Waals surface area contributed by atoms with Crippen LogP contribution in [0.5, 0.6) is 0 Å².